The second-order valence-electron chi connectivity index (χ2n) is 8.55. The predicted molar refractivity (Wildman–Crippen MR) is 119 cm³/mol. The van der Waals surface area contributed by atoms with Crippen molar-refractivity contribution in [3.8, 4) is 0 Å². The highest BCUT2D eigenvalue weighted by Gasteiger charge is 2.26. The molecule has 144 valence electrons. The van der Waals surface area contributed by atoms with Gasteiger partial charge in [0.25, 0.3) is 0 Å². The van der Waals surface area contributed by atoms with Crippen molar-refractivity contribution < 1.29 is 0 Å². The highest BCUT2D eigenvalue weighted by Crippen LogP contribution is 2.37. The summed E-state index contributed by atoms with van der Waals surface area (Å²) < 4.78 is 1.29. The van der Waals surface area contributed by atoms with Gasteiger partial charge in [-0.3, -0.25) is 4.90 Å². The van der Waals surface area contributed by atoms with E-state index in [-0.39, 0.29) is 5.54 Å². The highest BCUT2D eigenvalue weighted by molar-refractivity contribution is 7.20. The molecule has 2 N–H and O–H groups in total. The zero-order chi connectivity index (χ0) is 19.2. The van der Waals surface area contributed by atoms with Crippen LogP contribution in [0.5, 0.6) is 0 Å². The van der Waals surface area contributed by atoms with Gasteiger partial charge in [0.1, 0.15) is 5.82 Å². The first-order valence-corrected chi connectivity index (χ1v) is 10.8. The van der Waals surface area contributed by atoms with Crippen molar-refractivity contribution in [2.45, 2.75) is 46.1 Å². The third kappa shape index (κ3) is 3.50. The molecule has 0 bridgehead atoms. The molecule has 0 amide bonds. The molecule has 0 radical (unpaired) electrons. The minimum Gasteiger partial charge on any atom is -0.383 e. The van der Waals surface area contributed by atoms with Crippen LogP contribution < -0.4 is 10.6 Å². The molecule has 0 atom stereocenters. The Balaban J connectivity index is 1.69. The summed E-state index contributed by atoms with van der Waals surface area (Å²) in [5.41, 5.74) is 8.80. The highest BCUT2D eigenvalue weighted by atomic mass is 32.1. The molecule has 1 aliphatic heterocycles. The average molecular weight is 383 g/mol. The Kier molecular flexibility index (Phi) is 4.77. The third-order valence-electron chi connectivity index (χ3n) is 5.61. The summed E-state index contributed by atoms with van der Waals surface area (Å²) in [6.07, 6.45) is 2.26. The summed E-state index contributed by atoms with van der Waals surface area (Å²) in [6.45, 7) is 13.5. The monoisotopic (exact) mass is 382 g/mol. The lowest BCUT2D eigenvalue weighted by atomic mass is 10.0. The van der Waals surface area contributed by atoms with Crippen LogP contribution in [-0.2, 0) is 6.42 Å². The van der Waals surface area contributed by atoms with Crippen molar-refractivity contribution in [1.29, 1.82) is 0 Å². The number of piperazine rings is 1. The molecule has 2 aromatic heterocycles. The van der Waals surface area contributed by atoms with Gasteiger partial charge in [0.05, 0.1) is 5.52 Å². The van der Waals surface area contributed by atoms with E-state index in [1.54, 1.807) is 0 Å². The zero-order valence-electron chi connectivity index (χ0n) is 16.9. The van der Waals surface area contributed by atoms with Crippen molar-refractivity contribution in [3.63, 3.8) is 0 Å². The summed E-state index contributed by atoms with van der Waals surface area (Å²) in [5, 5.41) is 2.35. The van der Waals surface area contributed by atoms with E-state index in [1.807, 2.05) is 11.3 Å². The Morgan fingerprint density at radius 1 is 1.07 bits per heavy atom. The Hall–Kier alpha value is -1.85. The van der Waals surface area contributed by atoms with E-state index in [0.717, 1.165) is 49.9 Å². The number of anilines is 2. The standard InChI is InChI=1S/C22H30N4S/c1-5-6-16-14-18-20(27-16)17-13-15(7-8-19(17)24-21(18)23)25-9-11-26(12-10-25)22(2,3)4/h7-8,13-14H,5-6,9-12H2,1-4H3,(H2,23,24). The summed E-state index contributed by atoms with van der Waals surface area (Å²) in [5.74, 6) is 0.655. The minimum absolute atomic E-state index is 0.246. The molecule has 1 fully saturated rings. The fraction of sp³-hybridized carbons (Fsp3) is 0.500. The van der Waals surface area contributed by atoms with E-state index in [4.69, 9.17) is 5.73 Å². The van der Waals surface area contributed by atoms with Gasteiger partial charge in [0, 0.05) is 57.8 Å². The van der Waals surface area contributed by atoms with Crippen molar-refractivity contribution in [2.24, 2.45) is 0 Å². The molecule has 27 heavy (non-hydrogen) atoms. The van der Waals surface area contributed by atoms with Crippen LogP contribution >= 0.6 is 11.3 Å². The first-order chi connectivity index (χ1) is 12.9. The molecule has 5 heteroatoms. The van der Waals surface area contributed by atoms with Crippen molar-refractivity contribution in [2.75, 3.05) is 36.8 Å². The molecular weight excluding hydrogens is 352 g/mol. The van der Waals surface area contributed by atoms with Gasteiger partial charge in [-0.25, -0.2) is 4.98 Å². The van der Waals surface area contributed by atoms with Crippen LogP contribution in [0, 0.1) is 0 Å². The topological polar surface area (TPSA) is 45.4 Å². The number of benzene rings is 1. The molecule has 3 aromatic rings. The first-order valence-electron chi connectivity index (χ1n) is 9.98. The maximum atomic E-state index is 6.25. The predicted octanol–water partition coefficient (Wildman–Crippen LogP) is 4.90. The summed E-state index contributed by atoms with van der Waals surface area (Å²) in [4.78, 5) is 11.1. The number of pyridine rings is 1. The lowest BCUT2D eigenvalue weighted by Crippen LogP contribution is -2.53. The van der Waals surface area contributed by atoms with Crippen molar-refractivity contribution >= 4 is 43.8 Å². The van der Waals surface area contributed by atoms with Crippen molar-refractivity contribution in [3.05, 3.63) is 29.1 Å². The molecule has 4 rings (SSSR count). The molecule has 0 unspecified atom stereocenters. The summed E-state index contributed by atoms with van der Waals surface area (Å²) >= 11 is 1.88. The van der Waals surface area contributed by atoms with E-state index >= 15 is 0 Å². The van der Waals surface area contributed by atoms with Gasteiger partial charge in [-0.1, -0.05) is 13.3 Å². The molecule has 4 nitrogen and oxygen atoms in total. The Bertz CT molecular complexity index is 962. The summed E-state index contributed by atoms with van der Waals surface area (Å²) in [6, 6.07) is 8.90. The van der Waals surface area contributed by atoms with Gasteiger partial charge in [-0.05, 0) is 51.5 Å². The van der Waals surface area contributed by atoms with Gasteiger partial charge in [0.15, 0.2) is 0 Å². The number of nitrogens with zero attached hydrogens (tertiary/aromatic N) is 3. The number of thiophene rings is 1. The lowest BCUT2D eigenvalue weighted by Gasteiger charge is -2.43. The molecule has 0 aliphatic carbocycles. The number of fused-ring (bicyclic) bond motifs is 3. The van der Waals surface area contributed by atoms with Gasteiger partial charge >= 0.3 is 0 Å². The smallest absolute Gasteiger partial charge is 0.132 e. The van der Waals surface area contributed by atoms with Crippen LogP contribution in [0.15, 0.2) is 24.3 Å². The maximum Gasteiger partial charge on any atom is 0.132 e. The summed E-state index contributed by atoms with van der Waals surface area (Å²) in [7, 11) is 0. The number of nitrogen functional groups attached to an aromatic ring is 1. The van der Waals surface area contributed by atoms with E-state index < -0.39 is 0 Å². The second kappa shape index (κ2) is 6.95. The molecule has 0 spiro atoms. The number of rotatable bonds is 3. The fourth-order valence-corrected chi connectivity index (χ4v) is 5.32. The Morgan fingerprint density at radius 2 is 1.81 bits per heavy atom. The van der Waals surface area contributed by atoms with Crippen LogP contribution in [0.1, 0.15) is 39.0 Å². The van der Waals surface area contributed by atoms with Crippen LogP contribution in [0.3, 0.4) is 0 Å². The normalized spacial score (nSPS) is 16.5. The molecular formula is C22H30N4S. The van der Waals surface area contributed by atoms with Gasteiger partial charge in [-0.15, -0.1) is 11.3 Å². The molecule has 0 saturated carbocycles. The van der Waals surface area contributed by atoms with Crippen molar-refractivity contribution in [1.82, 2.24) is 9.88 Å². The zero-order valence-corrected chi connectivity index (χ0v) is 17.7. The SMILES string of the molecule is CCCc1cc2c(N)nc3ccc(N4CCN(C(C)(C)C)CC4)cc3c2s1. The van der Waals surface area contributed by atoms with Crippen LogP contribution in [0.25, 0.3) is 21.0 Å². The number of hydrogen-bond donors (Lipinski definition) is 1. The van der Waals surface area contributed by atoms with Crippen LogP contribution in [-0.4, -0.2) is 41.6 Å². The quantitative estimate of drug-likeness (QED) is 0.699. The number of hydrogen-bond acceptors (Lipinski definition) is 5. The van der Waals surface area contributed by atoms with Crippen LogP contribution in [0.2, 0.25) is 0 Å². The number of aromatic nitrogens is 1. The largest absolute Gasteiger partial charge is 0.383 e. The molecule has 1 saturated heterocycles. The second-order valence-corrected chi connectivity index (χ2v) is 9.69. The third-order valence-corrected chi connectivity index (χ3v) is 6.84. The molecule has 1 aliphatic rings. The first kappa shape index (κ1) is 18.5. The Labute approximate surface area is 166 Å². The maximum absolute atomic E-state index is 6.25. The lowest BCUT2D eigenvalue weighted by molar-refractivity contribution is 0.128. The molecule has 3 heterocycles. The minimum atomic E-state index is 0.246. The number of aryl methyl sites for hydroxylation is 1. The van der Waals surface area contributed by atoms with E-state index in [0.29, 0.717) is 5.82 Å². The van der Waals surface area contributed by atoms with E-state index in [9.17, 15) is 0 Å². The van der Waals surface area contributed by atoms with Gasteiger partial charge < -0.3 is 10.6 Å². The average Bonchev–Trinajstić information content (AvgIpc) is 3.06. The molecule has 1 aromatic carbocycles. The van der Waals surface area contributed by atoms with E-state index in [2.05, 4.69) is 66.7 Å². The number of nitrogens with two attached hydrogens (primary N) is 1. The van der Waals surface area contributed by atoms with Gasteiger partial charge in [-0.2, -0.15) is 0 Å². The fourth-order valence-electron chi connectivity index (χ4n) is 4.03. The Morgan fingerprint density at radius 3 is 2.48 bits per heavy atom. The van der Waals surface area contributed by atoms with Crippen LogP contribution in [0.4, 0.5) is 11.5 Å². The van der Waals surface area contributed by atoms with Gasteiger partial charge in [0.2, 0.25) is 0 Å². The van der Waals surface area contributed by atoms with E-state index in [1.165, 1.54) is 20.7 Å².